The van der Waals surface area contributed by atoms with E-state index in [2.05, 4.69) is 4.98 Å². The SMILES string of the molecule is CC(C(=O)O)N(C)S(=O)(=O)c1csc(-c2ccccc2)n1. The summed E-state index contributed by atoms with van der Waals surface area (Å²) < 4.78 is 25.5. The van der Waals surface area contributed by atoms with Crippen molar-refractivity contribution >= 4 is 27.3 Å². The van der Waals surface area contributed by atoms with E-state index in [1.807, 2.05) is 30.3 Å². The predicted octanol–water partition coefficient (Wildman–Crippen LogP) is 1.90. The van der Waals surface area contributed by atoms with Gasteiger partial charge >= 0.3 is 5.97 Å². The van der Waals surface area contributed by atoms with Gasteiger partial charge in [-0.15, -0.1) is 11.3 Å². The fraction of sp³-hybridized carbons (Fsp3) is 0.231. The van der Waals surface area contributed by atoms with E-state index in [4.69, 9.17) is 5.11 Å². The van der Waals surface area contributed by atoms with E-state index in [0.29, 0.717) is 5.01 Å². The first-order chi connectivity index (χ1) is 9.84. The van der Waals surface area contributed by atoms with E-state index in [1.165, 1.54) is 30.7 Å². The molecule has 112 valence electrons. The third kappa shape index (κ3) is 3.12. The topological polar surface area (TPSA) is 87.6 Å². The Morgan fingerprint density at radius 2 is 1.95 bits per heavy atom. The molecular formula is C13H14N2O4S2. The molecule has 0 radical (unpaired) electrons. The highest BCUT2D eigenvalue weighted by Gasteiger charge is 2.31. The van der Waals surface area contributed by atoms with E-state index >= 15 is 0 Å². The van der Waals surface area contributed by atoms with Crippen molar-refractivity contribution in [2.45, 2.75) is 18.0 Å². The van der Waals surface area contributed by atoms with Gasteiger partial charge in [-0.05, 0) is 6.92 Å². The molecule has 0 aliphatic carbocycles. The molecule has 1 atom stereocenters. The number of nitrogens with zero attached hydrogens (tertiary/aromatic N) is 2. The van der Waals surface area contributed by atoms with Gasteiger partial charge in [0.1, 0.15) is 11.0 Å². The second kappa shape index (κ2) is 5.92. The summed E-state index contributed by atoms with van der Waals surface area (Å²) in [5, 5.41) is 10.8. The number of carbonyl (C=O) groups is 1. The molecule has 0 aliphatic rings. The molecule has 1 heterocycles. The van der Waals surface area contributed by atoms with Crippen molar-refractivity contribution in [2.24, 2.45) is 0 Å². The van der Waals surface area contributed by atoms with Gasteiger partial charge in [0, 0.05) is 18.0 Å². The fourth-order valence-electron chi connectivity index (χ4n) is 1.60. The molecule has 21 heavy (non-hydrogen) atoms. The number of rotatable bonds is 5. The molecule has 2 rings (SSSR count). The smallest absolute Gasteiger partial charge is 0.321 e. The Kier molecular flexibility index (Phi) is 4.40. The number of aromatic nitrogens is 1. The monoisotopic (exact) mass is 326 g/mol. The summed E-state index contributed by atoms with van der Waals surface area (Å²) in [6, 6.07) is 8.04. The van der Waals surface area contributed by atoms with Crippen molar-refractivity contribution < 1.29 is 18.3 Å². The van der Waals surface area contributed by atoms with Crippen LogP contribution in [-0.2, 0) is 14.8 Å². The van der Waals surface area contributed by atoms with E-state index in [1.54, 1.807) is 0 Å². The third-order valence-corrected chi connectivity index (χ3v) is 5.90. The molecule has 0 saturated carbocycles. The van der Waals surface area contributed by atoms with Crippen molar-refractivity contribution in [1.82, 2.24) is 9.29 Å². The average Bonchev–Trinajstić information content (AvgIpc) is 2.97. The molecule has 6 nitrogen and oxygen atoms in total. The highest BCUT2D eigenvalue weighted by molar-refractivity contribution is 7.89. The lowest BCUT2D eigenvalue weighted by molar-refractivity contribution is -0.140. The summed E-state index contributed by atoms with van der Waals surface area (Å²) in [5.74, 6) is -1.21. The highest BCUT2D eigenvalue weighted by Crippen LogP contribution is 2.27. The molecule has 0 aliphatic heterocycles. The highest BCUT2D eigenvalue weighted by atomic mass is 32.2. The summed E-state index contributed by atoms with van der Waals surface area (Å²) >= 11 is 1.20. The lowest BCUT2D eigenvalue weighted by atomic mass is 10.2. The average molecular weight is 326 g/mol. The number of carboxylic acid groups (broad SMARTS) is 1. The van der Waals surface area contributed by atoms with Crippen molar-refractivity contribution in [1.29, 1.82) is 0 Å². The van der Waals surface area contributed by atoms with Gasteiger partial charge in [-0.2, -0.15) is 4.31 Å². The zero-order valence-corrected chi connectivity index (χ0v) is 13.1. The number of sulfonamides is 1. The van der Waals surface area contributed by atoms with Gasteiger partial charge in [0.2, 0.25) is 0 Å². The molecule has 0 bridgehead atoms. The van der Waals surface area contributed by atoms with Gasteiger partial charge in [-0.25, -0.2) is 13.4 Å². The molecule has 1 aromatic carbocycles. The molecule has 2 aromatic rings. The molecule has 0 spiro atoms. The second-order valence-electron chi connectivity index (χ2n) is 4.39. The van der Waals surface area contributed by atoms with E-state index in [0.717, 1.165) is 9.87 Å². The minimum absolute atomic E-state index is 0.137. The number of thiazole rings is 1. The van der Waals surface area contributed by atoms with Crippen LogP contribution in [0.2, 0.25) is 0 Å². The molecule has 8 heteroatoms. The van der Waals surface area contributed by atoms with E-state index < -0.39 is 22.0 Å². The molecule has 0 saturated heterocycles. The zero-order chi connectivity index (χ0) is 15.6. The van der Waals surface area contributed by atoms with Crippen LogP contribution in [0.15, 0.2) is 40.7 Å². The Morgan fingerprint density at radius 3 is 2.52 bits per heavy atom. The minimum Gasteiger partial charge on any atom is -0.480 e. The molecule has 1 aromatic heterocycles. The molecule has 0 fully saturated rings. The number of carboxylic acids is 1. The lowest BCUT2D eigenvalue weighted by Gasteiger charge is -2.19. The van der Waals surface area contributed by atoms with Gasteiger partial charge in [-0.1, -0.05) is 30.3 Å². The normalized spacial score (nSPS) is 13.3. The lowest BCUT2D eigenvalue weighted by Crippen LogP contribution is -2.40. The third-order valence-electron chi connectivity index (χ3n) is 3.05. The van der Waals surface area contributed by atoms with Gasteiger partial charge < -0.3 is 5.11 Å². The number of likely N-dealkylation sites (N-methyl/N-ethyl adjacent to an activating group) is 1. The summed E-state index contributed by atoms with van der Waals surface area (Å²) in [5.41, 5.74) is 0.817. The van der Waals surface area contributed by atoms with Gasteiger partial charge in [0.25, 0.3) is 10.0 Å². The quantitative estimate of drug-likeness (QED) is 0.907. The molecular weight excluding hydrogens is 312 g/mol. The van der Waals surface area contributed by atoms with Crippen LogP contribution in [0.1, 0.15) is 6.92 Å². The Labute approximate surface area is 126 Å². The first-order valence-electron chi connectivity index (χ1n) is 6.06. The number of benzene rings is 1. The van der Waals surface area contributed by atoms with Crippen LogP contribution in [-0.4, -0.2) is 41.9 Å². The molecule has 1 N–H and O–H groups in total. The second-order valence-corrected chi connectivity index (χ2v) is 7.19. The minimum atomic E-state index is -3.92. The summed E-state index contributed by atoms with van der Waals surface area (Å²) in [6.07, 6.45) is 0. The fourth-order valence-corrected chi connectivity index (χ4v) is 3.99. The summed E-state index contributed by atoms with van der Waals surface area (Å²) in [6.45, 7) is 1.31. The van der Waals surface area contributed by atoms with Gasteiger partial charge in [0.15, 0.2) is 5.03 Å². The number of hydrogen-bond donors (Lipinski definition) is 1. The van der Waals surface area contributed by atoms with Crippen LogP contribution >= 0.6 is 11.3 Å². The molecule has 0 amide bonds. The largest absolute Gasteiger partial charge is 0.480 e. The van der Waals surface area contributed by atoms with Gasteiger partial charge in [0.05, 0.1) is 0 Å². The standard InChI is InChI=1S/C13H14N2O4S2/c1-9(13(16)17)15(2)21(18,19)11-8-20-12(14-11)10-6-4-3-5-7-10/h3-9H,1-2H3,(H,16,17). The zero-order valence-electron chi connectivity index (χ0n) is 11.4. The maximum atomic E-state index is 12.3. The van der Waals surface area contributed by atoms with Crippen LogP contribution < -0.4 is 0 Å². The van der Waals surface area contributed by atoms with Crippen LogP contribution in [0.3, 0.4) is 0 Å². The molecule has 1 unspecified atom stereocenters. The van der Waals surface area contributed by atoms with E-state index in [9.17, 15) is 13.2 Å². The predicted molar refractivity (Wildman–Crippen MR) is 79.6 cm³/mol. The summed E-state index contributed by atoms with van der Waals surface area (Å²) in [7, 11) is -2.69. The maximum absolute atomic E-state index is 12.3. The Morgan fingerprint density at radius 1 is 1.33 bits per heavy atom. The Hall–Kier alpha value is -1.77. The first kappa shape index (κ1) is 15.6. The summed E-state index contributed by atoms with van der Waals surface area (Å²) in [4.78, 5) is 15.0. The van der Waals surface area contributed by atoms with Gasteiger partial charge in [-0.3, -0.25) is 4.79 Å². The van der Waals surface area contributed by atoms with Crippen molar-refractivity contribution in [3.8, 4) is 10.6 Å². The number of aliphatic carboxylic acids is 1. The van der Waals surface area contributed by atoms with E-state index in [-0.39, 0.29) is 5.03 Å². The van der Waals surface area contributed by atoms with Crippen molar-refractivity contribution in [3.05, 3.63) is 35.7 Å². The van der Waals surface area contributed by atoms with Crippen LogP contribution in [0.5, 0.6) is 0 Å². The van der Waals surface area contributed by atoms with Crippen molar-refractivity contribution in [2.75, 3.05) is 7.05 Å². The Balaban J connectivity index is 2.35. The maximum Gasteiger partial charge on any atom is 0.321 e. The Bertz CT molecular complexity index is 741. The van der Waals surface area contributed by atoms with Crippen molar-refractivity contribution in [3.63, 3.8) is 0 Å². The van der Waals surface area contributed by atoms with Crippen LogP contribution in [0, 0.1) is 0 Å². The van der Waals surface area contributed by atoms with Crippen LogP contribution in [0.4, 0.5) is 0 Å². The number of hydrogen-bond acceptors (Lipinski definition) is 5. The first-order valence-corrected chi connectivity index (χ1v) is 8.38. The van der Waals surface area contributed by atoms with Crippen LogP contribution in [0.25, 0.3) is 10.6 Å².